The van der Waals surface area contributed by atoms with E-state index >= 15 is 0 Å². The van der Waals surface area contributed by atoms with Gasteiger partial charge in [0.05, 0.1) is 27.8 Å². The van der Waals surface area contributed by atoms with E-state index in [1.165, 1.54) is 16.1 Å². The summed E-state index contributed by atoms with van der Waals surface area (Å²) >= 11 is 1.37. The number of hydrogen-bond donors (Lipinski definition) is 1. The Morgan fingerprint density at radius 3 is 2.56 bits per heavy atom. The third-order valence-electron chi connectivity index (χ3n) is 5.33. The highest BCUT2D eigenvalue weighted by atomic mass is 32.2. The molecule has 0 atom stereocenters. The molecule has 1 aromatic heterocycles. The Morgan fingerprint density at radius 2 is 1.94 bits per heavy atom. The maximum Gasteiger partial charge on any atom is 0.243 e. The first kappa shape index (κ1) is 24.5. The number of aryl methyl sites for hydroxylation is 1. The summed E-state index contributed by atoms with van der Waals surface area (Å²) < 4.78 is 32.8. The highest BCUT2D eigenvalue weighted by Gasteiger charge is 2.27. The number of hydrogen-bond acceptors (Lipinski definition) is 8. The molecule has 1 fully saturated rings. The van der Waals surface area contributed by atoms with E-state index in [0.29, 0.717) is 36.2 Å². The van der Waals surface area contributed by atoms with E-state index in [9.17, 15) is 13.2 Å². The minimum Gasteiger partial charge on any atom is -0.370 e. The monoisotopic (exact) mass is 481 g/mol. The first-order valence-electron chi connectivity index (χ1n) is 10.9. The molecule has 2 aromatic rings. The van der Waals surface area contributed by atoms with Gasteiger partial charge in [-0.1, -0.05) is 11.6 Å². The SMILES string of the molecule is CCN(CC)c1ccc(S(=O)(=O)N2CCCCC2)cc1NC(=O)CSCc1noc(C)n1. The lowest BCUT2D eigenvalue weighted by molar-refractivity contribution is -0.113. The fourth-order valence-electron chi connectivity index (χ4n) is 3.69. The number of nitrogens with zero attached hydrogens (tertiary/aromatic N) is 4. The molecule has 1 amide bonds. The number of anilines is 2. The Kier molecular flexibility index (Phi) is 8.55. The maximum absolute atomic E-state index is 13.1. The Balaban J connectivity index is 1.77. The molecular formula is C21H31N5O4S2. The van der Waals surface area contributed by atoms with Gasteiger partial charge in [-0.25, -0.2) is 8.42 Å². The Morgan fingerprint density at radius 1 is 1.22 bits per heavy atom. The van der Waals surface area contributed by atoms with Gasteiger partial charge in [0.15, 0.2) is 5.82 Å². The van der Waals surface area contributed by atoms with Crippen LogP contribution in [0.4, 0.5) is 11.4 Å². The molecule has 1 aromatic carbocycles. The average Bonchev–Trinajstić information content (AvgIpc) is 3.21. The smallest absolute Gasteiger partial charge is 0.243 e. The number of carbonyl (C=O) groups excluding carboxylic acids is 1. The Bertz CT molecular complexity index is 1010. The van der Waals surface area contributed by atoms with Crippen molar-refractivity contribution in [3.63, 3.8) is 0 Å². The van der Waals surface area contributed by atoms with E-state index in [1.54, 1.807) is 25.1 Å². The molecule has 0 aliphatic carbocycles. The van der Waals surface area contributed by atoms with Crippen molar-refractivity contribution in [1.82, 2.24) is 14.4 Å². The zero-order chi connectivity index (χ0) is 23.1. The van der Waals surface area contributed by atoms with E-state index in [1.807, 2.05) is 13.8 Å². The number of thioether (sulfide) groups is 1. The first-order valence-corrected chi connectivity index (χ1v) is 13.5. The highest BCUT2D eigenvalue weighted by molar-refractivity contribution is 7.99. The van der Waals surface area contributed by atoms with E-state index in [0.717, 1.165) is 38.0 Å². The van der Waals surface area contributed by atoms with Crippen molar-refractivity contribution >= 4 is 39.1 Å². The predicted octanol–water partition coefficient (Wildman–Crippen LogP) is 3.27. The highest BCUT2D eigenvalue weighted by Crippen LogP contribution is 2.31. The maximum atomic E-state index is 13.1. The van der Waals surface area contributed by atoms with Gasteiger partial charge in [-0.2, -0.15) is 9.29 Å². The summed E-state index contributed by atoms with van der Waals surface area (Å²) in [5, 5.41) is 6.74. The normalized spacial score (nSPS) is 15.0. The molecule has 1 aliphatic rings. The fraction of sp³-hybridized carbons (Fsp3) is 0.571. The minimum absolute atomic E-state index is 0.189. The summed E-state index contributed by atoms with van der Waals surface area (Å²) in [4.78, 5) is 19.1. The molecule has 3 rings (SSSR count). The van der Waals surface area contributed by atoms with Crippen molar-refractivity contribution in [3.05, 3.63) is 29.9 Å². The van der Waals surface area contributed by atoms with E-state index in [2.05, 4.69) is 20.4 Å². The summed E-state index contributed by atoms with van der Waals surface area (Å²) in [5.41, 5.74) is 1.31. The van der Waals surface area contributed by atoms with Gasteiger partial charge in [-0.15, -0.1) is 11.8 Å². The second-order valence-electron chi connectivity index (χ2n) is 7.59. The minimum atomic E-state index is -3.60. The molecule has 11 heteroatoms. The van der Waals surface area contributed by atoms with Gasteiger partial charge in [0.1, 0.15) is 0 Å². The van der Waals surface area contributed by atoms with Crippen LogP contribution in [-0.4, -0.2) is 60.7 Å². The van der Waals surface area contributed by atoms with Crippen molar-refractivity contribution in [2.24, 2.45) is 0 Å². The second kappa shape index (κ2) is 11.2. The van der Waals surface area contributed by atoms with Gasteiger partial charge in [0, 0.05) is 33.1 Å². The zero-order valence-corrected chi connectivity index (χ0v) is 20.5. The van der Waals surface area contributed by atoms with Crippen LogP contribution >= 0.6 is 11.8 Å². The van der Waals surface area contributed by atoms with Crippen LogP contribution in [0, 0.1) is 6.92 Å². The Hall–Kier alpha value is -2.11. The van der Waals surface area contributed by atoms with Gasteiger partial charge < -0.3 is 14.7 Å². The lowest BCUT2D eigenvalue weighted by Gasteiger charge is -2.28. The summed E-state index contributed by atoms with van der Waals surface area (Å²) in [6.45, 7) is 8.31. The molecule has 1 N–H and O–H groups in total. The quantitative estimate of drug-likeness (QED) is 0.551. The predicted molar refractivity (Wildman–Crippen MR) is 126 cm³/mol. The van der Waals surface area contributed by atoms with Crippen LogP contribution in [0.3, 0.4) is 0 Å². The standard InChI is InChI=1S/C21H31N5O4S2/c1-4-25(5-2)19-10-9-17(32(28,29)26-11-7-6-8-12-26)13-18(19)23-21(27)15-31-14-20-22-16(3)30-24-20/h9-10,13H,4-8,11-12,14-15H2,1-3H3,(H,23,27). The van der Waals surface area contributed by atoms with Crippen LogP contribution in [-0.2, 0) is 20.6 Å². The molecule has 0 spiro atoms. The topological polar surface area (TPSA) is 109 Å². The number of piperidine rings is 1. The van der Waals surface area contributed by atoms with Crippen LogP contribution in [0.2, 0.25) is 0 Å². The average molecular weight is 482 g/mol. The second-order valence-corrected chi connectivity index (χ2v) is 10.5. The number of carbonyl (C=O) groups is 1. The molecular weight excluding hydrogens is 450 g/mol. The lowest BCUT2D eigenvalue weighted by Crippen LogP contribution is -2.35. The summed E-state index contributed by atoms with van der Waals surface area (Å²) in [6.07, 6.45) is 2.80. The lowest BCUT2D eigenvalue weighted by atomic mass is 10.2. The third-order valence-corrected chi connectivity index (χ3v) is 8.16. The molecule has 0 unspecified atom stereocenters. The molecule has 9 nitrogen and oxygen atoms in total. The molecule has 1 aliphatic heterocycles. The van der Waals surface area contributed by atoms with E-state index < -0.39 is 10.0 Å². The van der Waals surface area contributed by atoms with Crippen molar-refractivity contribution in [1.29, 1.82) is 0 Å². The molecule has 0 radical (unpaired) electrons. The summed E-state index contributed by atoms with van der Waals surface area (Å²) in [5.74, 6) is 1.46. The Labute approximate surface area is 194 Å². The van der Waals surface area contributed by atoms with Crippen molar-refractivity contribution < 1.29 is 17.7 Å². The fourth-order valence-corrected chi connectivity index (χ4v) is 5.89. The number of amides is 1. The van der Waals surface area contributed by atoms with Gasteiger partial charge in [0.25, 0.3) is 0 Å². The molecule has 1 saturated heterocycles. The number of benzene rings is 1. The van der Waals surface area contributed by atoms with Crippen LogP contribution in [0.1, 0.15) is 44.8 Å². The van der Waals surface area contributed by atoms with E-state index in [4.69, 9.17) is 4.52 Å². The number of aromatic nitrogens is 2. The van der Waals surface area contributed by atoms with Crippen molar-refractivity contribution in [3.8, 4) is 0 Å². The van der Waals surface area contributed by atoms with E-state index in [-0.39, 0.29) is 16.6 Å². The third kappa shape index (κ3) is 6.02. The van der Waals surface area contributed by atoms with Crippen LogP contribution in [0.15, 0.2) is 27.6 Å². The molecule has 176 valence electrons. The van der Waals surface area contributed by atoms with Crippen LogP contribution in [0.5, 0.6) is 0 Å². The van der Waals surface area contributed by atoms with Crippen molar-refractivity contribution in [2.45, 2.75) is 50.7 Å². The summed E-state index contributed by atoms with van der Waals surface area (Å²) in [6, 6.07) is 5.01. The molecule has 32 heavy (non-hydrogen) atoms. The number of rotatable bonds is 10. The summed E-state index contributed by atoms with van der Waals surface area (Å²) in [7, 11) is -3.60. The van der Waals surface area contributed by atoms with Gasteiger partial charge >= 0.3 is 0 Å². The molecule has 0 saturated carbocycles. The molecule has 0 bridgehead atoms. The number of sulfonamides is 1. The van der Waals surface area contributed by atoms with Gasteiger partial charge in [-0.3, -0.25) is 4.79 Å². The number of nitrogens with one attached hydrogen (secondary N) is 1. The van der Waals surface area contributed by atoms with Crippen LogP contribution < -0.4 is 10.2 Å². The first-order chi connectivity index (χ1) is 15.3. The largest absolute Gasteiger partial charge is 0.370 e. The molecule has 2 heterocycles. The van der Waals surface area contributed by atoms with Gasteiger partial charge in [0.2, 0.25) is 21.8 Å². The zero-order valence-electron chi connectivity index (χ0n) is 18.8. The van der Waals surface area contributed by atoms with Crippen LogP contribution in [0.25, 0.3) is 0 Å². The van der Waals surface area contributed by atoms with Gasteiger partial charge in [-0.05, 0) is 44.9 Å². The van der Waals surface area contributed by atoms with Crippen molar-refractivity contribution in [2.75, 3.05) is 42.1 Å².